The Hall–Kier alpha value is -0.900. The molecule has 100 valence electrons. The lowest BCUT2D eigenvalue weighted by atomic mass is 10.1. The van der Waals surface area contributed by atoms with E-state index in [9.17, 15) is 0 Å². The molecule has 0 saturated carbocycles. The monoisotopic (exact) mass is 338 g/mol. The summed E-state index contributed by atoms with van der Waals surface area (Å²) in [5.74, 6) is 0. The van der Waals surface area contributed by atoms with E-state index >= 15 is 0 Å². The minimum Gasteiger partial charge on any atom is -0.308 e. The fraction of sp³-hybridized carbons (Fsp3) is 0.267. The highest BCUT2D eigenvalue weighted by molar-refractivity contribution is 9.10. The van der Waals surface area contributed by atoms with Crippen molar-refractivity contribution in [3.63, 3.8) is 0 Å². The number of hydrogen-bond acceptors (Lipinski definition) is 2. The average Bonchev–Trinajstić information content (AvgIpc) is 2.41. The quantitative estimate of drug-likeness (QED) is 0.882. The summed E-state index contributed by atoms with van der Waals surface area (Å²) in [6.07, 6.45) is 2.80. The minimum atomic E-state index is 0.395. The van der Waals surface area contributed by atoms with Gasteiger partial charge in [0.15, 0.2) is 0 Å². The van der Waals surface area contributed by atoms with Gasteiger partial charge in [-0.1, -0.05) is 23.7 Å². The minimum absolute atomic E-state index is 0.395. The van der Waals surface area contributed by atoms with Gasteiger partial charge in [0.25, 0.3) is 0 Å². The molecule has 2 rings (SSSR count). The van der Waals surface area contributed by atoms with Crippen LogP contribution in [0.4, 0.5) is 0 Å². The number of benzene rings is 1. The van der Waals surface area contributed by atoms with E-state index in [4.69, 9.17) is 11.6 Å². The molecule has 0 radical (unpaired) electrons. The van der Waals surface area contributed by atoms with Crippen molar-refractivity contribution < 1.29 is 0 Å². The highest BCUT2D eigenvalue weighted by Crippen LogP contribution is 2.11. The number of aromatic nitrogens is 1. The van der Waals surface area contributed by atoms with Crippen molar-refractivity contribution in [1.29, 1.82) is 0 Å². The topological polar surface area (TPSA) is 24.9 Å². The predicted molar refractivity (Wildman–Crippen MR) is 83.4 cm³/mol. The largest absolute Gasteiger partial charge is 0.308 e. The molecule has 0 saturated heterocycles. The summed E-state index contributed by atoms with van der Waals surface area (Å²) in [7, 11) is 0. The van der Waals surface area contributed by atoms with Crippen LogP contribution in [-0.4, -0.2) is 11.0 Å². The van der Waals surface area contributed by atoms with E-state index in [-0.39, 0.29) is 0 Å². The molecule has 2 nitrogen and oxygen atoms in total. The highest BCUT2D eigenvalue weighted by atomic mass is 79.9. The summed E-state index contributed by atoms with van der Waals surface area (Å²) in [5.41, 5.74) is 2.33. The zero-order valence-corrected chi connectivity index (χ0v) is 13.1. The first-order valence-electron chi connectivity index (χ1n) is 6.22. The smallest absolute Gasteiger partial charge is 0.0542 e. The van der Waals surface area contributed by atoms with Crippen molar-refractivity contribution in [2.45, 2.75) is 25.9 Å². The molecule has 0 spiro atoms. The van der Waals surface area contributed by atoms with E-state index in [0.717, 1.165) is 28.2 Å². The summed E-state index contributed by atoms with van der Waals surface area (Å²) in [4.78, 5) is 4.34. The number of nitrogens with zero attached hydrogens (tertiary/aromatic N) is 1. The second kappa shape index (κ2) is 7.04. The first-order valence-corrected chi connectivity index (χ1v) is 7.39. The molecule has 0 bridgehead atoms. The van der Waals surface area contributed by atoms with Crippen molar-refractivity contribution in [3.8, 4) is 0 Å². The van der Waals surface area contributed by atoms with Crippen molar-refractivity contribution in [3.05, 3.63) is 63.3 Å². The van der Waals surface area contributed by atoms with E-state index in [1.165, 1.54) is 5.56 Å². The molecule has 2 aromatic rings. The SMILES string of the molecule is CC(Cc1ccc(Cl)cc1)NCc1ccc(Br)cn1. The summed E-state index contributed by atoms with van der Waals surface area (Å²) in [6, 6.07) is 12.4. The Morgan fingerprint density at radius 3 is 2.58 bits per heavy atom. The molecule has 1 aromatic carbocycles. The van der Waals surface area contributed by atoms with Gasteiger partial charge >= 0.3 is 0 Å². The van der Waals surface area contributed by atoms with Crippen LogP contribution in [0, 0.1) is 0 Å². The van der Waals surface area contributed by atoms with Crippen LogP contribution in [0.5, 0.6) is 0 Å². The van der Waals surface area contributed by atoms with Gasteiger partial charge in [-0.15, -0.1) is 0 Å². The molecular weight excluding hydrogens is 324 g/mol. The number of pyridine rings is 1. The normalized spacial score (nSPS) is 12.4. The van der Waals surface area contributed by atoms with Crippen LogP contribution < -0.4 is 5.32 Å². The van der Waals surface area contributed by atoms with Crippen molar-refractivity contribution >= 4 is 27.5 Å². The molecule has 1 N–H and O–H groups in total. The van der Waals surface area contributed by atoms with Gasteiger partial charge in [-0.25, -0.2) is 0 Å². The predicted octanol–water partition coefficient (Wildman–Crippen LogP) is 4.22. The third kappa shape index (κ3) is 4.94. The molecule has 0 aliphatic rings. The summed E-state index contributed by atoms with van der Waals surface area (Å²) in [5, 5.41) is 4.25. The summed E-state index contributed by atoms with van der Waals surface area (Å²) < 4.78 is 1.01. The fourth-order valence-electron chi connectivity index (χ4n) is 1.84. The van der Waals surface area contributed by atoms with Gasteiger partial charge in [-0.2, -0.15) is 0 Å². The zero-order chi connectivity index (χ0) is 13.7. The van der Waals surface area contributed by atoms with Crippen LogP contribution in [0.2, 0.25) is 5.02 Å². The maximum atomic E-state index is 5.87. The molecule has 19 heavy (non-hydrogen) atoms. The Kier molecular flexibility index (Phi) is 5.37. The molecule has 1 atom stereocenters. The van der Waals surface area contributed by atoms with Crippen LogP contribution >= 0.6 is 27.5 Å². The van der Waals surface area contributed by atoms with Crippen molar-refractivity contribution in [1.82, 2.24) is 10.3 Å². The highest BCUT2D eigenvalue weighted by Gasteiger charge is 2.04. The number of nitrogens with one attached hydrogen (secondary N) is 1. The van der Waals surface area contributed by atoms with Gasteiger partial charge in [0.2, 0.25) is 0 Å². The lowest BCUT2D eigenvalue weighted by Crippen LogP contribution is -2.27. The van der Waals surface area contributed by atoms with Gasteiger partial charge in [0.1, 0.15) is 0 Å². The number of rotatable bonds is 5. The van der Waals surface area contributed by atoms with Gasteiger partial charge in [-0.3, -0.25) is 4.98 Å². The second-order valence-electron chi connectivity index (χ2n) is 4.58. The van der Waals surface area contributed by atoms with E-state index in [0.29, 0.717) is 6.04 Å². The van der Waals surface area contributed by atoms with Crippen molar-refractivity contribution in [2.75, 3.05) is 0 Å². The first-order chi connectivity index (χ1) is 9.13. The van der Waals surface area contributed by atoms with E-state index < -0.39 is 0 Å². The molecule has 4 heteroatoms. The zero-order valence-electron chi connectivity index (χ0n) is 10.7. The van der Waals surface area contributed by atoms with Crippen LogP contribution in [-0.2, 0) is 13.0 Å². The first kappa shape index (κ1) is 14.5. The van der Waals surface area contributed by atoms with E-state index in [1.807, 2.05) is 30.5 Å². The van der Waals surface area contributed by atoms with Gasteiger partial charge in [0, 0.05) is 28.3 Å². The lowest BCUT2D eigenvalue weighted by molar-refractivity contribution is 0.540. The van der Waals surface area contributed by atoms with Gasteiger partial charge in [0.05, 0.1) is 5.69 Å². The van der Waals surface area contributed by atoms with Crippen molar-refractivity contribution in [2.24, 2.45) is 0 Å². The van der Waals surface area contributed by atoms with Crippen LogP contribution in [0.15, 0.2) is 47.1 Å². The molecule has 0 aliphatic carbocycles. The van der Waals surface area contributed by atoms with E-state index in [2.05, 4.69) is 45.3 Å². The summed E-state index contributed by atoms with van der Waals surface area (Å²) in [6.45, 7) is 2.95. The van der Waals surface area contributed by atoms with Crippen LogP contribution in [0.1, 0.15) is 18.2 Å². The molecular formula is C15H16BrClN2. The van der Waals surface area contributed by atoms with Crippen LogP contribution in [0.3, 0.4) is 0 Å². The molecule has 0 fully saturated rings. The molecule has 1 unspecified atom stereocenters. The second-order valence-corrected chi connectivity index (χ2v) is 5.93. The Morgan fingerprint density at radius 1 is 1.21 bits per heavy atom. The molecule has 1 aromatic heterocycles. The molecule has 0 aliphatic heterocycles. The Balaban J connectivity index is 1.82. The summed E-state index contributed by atoms with van der Waals surface area (Å²) >= 11 is 9.26. The number of hydrogen-bond donors (Lipinski definition) is 1. The third-order valence-corrected chi connectivity index (χ3v) is 3.60. The molecule has 0 amide bonds. The lowest BCUT2D eigenvalue weighted by Gasteiger charge is -2.13. The Labute approximate surface area is 127 Å². The molecule has 1 heterocycles. The standard InChI is InChI=1S/C15H16BrClN2/c1-11(8-12-2-5-14(17)6-3-12)18-10-15-7-4-13(16)9-19-15/h2-7,9,11,18H,8,10H2,1H3. The van der Waals surface area contributed by atoms with Crippen LogP contribution in [0.25, 0.3) is 0 Å². The maximum absolute atomic E-state index is 5.87. The Bertz CT molecular complexity index is 511. The Morgan fingerprint density at radius 2 is 1.95 bits per heavy atom. The van der Waals surface area contributed by atoms with Gasteiger partial charge < -0.3 is 5.32 Å². The third-order valence-electron chi connectivity index (χ3n) is 2.88. The van der Waals surface area contributed by atoms with E-state index in [1.54, 1.807) is 0 Å². The van der Waals surface area contributed by atoms with Gasteiger partial charge in [-0.05, 0) is 59.1 Å². The number of halogens is 2. The maximum Gasteiger partial charge on any atom is 0.0542 e. The average molecular weight is 340 g/mol. The fourth-order valence-corrected chi connectivity index (χ4v) is 2.20.